The Balaban J connectivity index is 1.36. The number of rotatable bonds is 7. The van der Waals surface area contributed by atoms with Crippen molar-refractivity contribution in [2.45, 2.75) is 49.4 Å². The molecule has 1 aliphatic carbocycles. The minimum atomic E-state index is -0.175. The van der Waals surface area contributed by atoms with Gasteiger partial charge in [-0.05, 0) is 26.2 Å². The van der Waals surface area contributed by atoms with Crippen LogP contribution in [0.25, 0.3) is 0 Å². The van der Waals surface area contributed by atoms with E-state index in [1.807, 2.05) is 17.7 Å². The van der Waals surface area contributed by atoms with E-state index in [1.54, 1.807) is 29.3 Å². The van der Waals surface area contributed by atoms with Crippen LogP contribution in [0.3, 0.4) is 0 Å². The summed E-state index contributed by atoms with van der Waals surface area (Å²) in [5, 5.41) is 19.2. The number of aryl methyl sites for hydroxylation is 1. The van der Waals surface area contributed by atoms with Gasteiger partial charge in [0.1, 0.15) is 10.8 Å². The first kappa shape index (κ1) is 17.2. The van der Waals surface area contributed by atoms with Crippen molar-refractivity contribution in [2.75, 3.05) is 17.6 Å². The maximum absolute atomic E-state index is 12.0. The normalized spacial score (nSPS) is 14.9. The lowest BCUT2D eigenvalue weighted by atomic mass is 10.2. The molecule has 130 valence electrons. The highest BCUT2D eigenvalue weighted by Crippen LogP contribution is 2.31. The summed E-state index contributed by atoms with van der Waals surface area (Å²) in [6, 6.07) is 2.10. The van der Waals surface area contributed by atoms with Crippen molar-refractivity contribution in [2.24, 2.45) is 0 Å². The molecule has 0 aromatic carbocycles. The first-order chi connectivity index (χ1) is 11.7. The molecule has 1 aliphatic rings. The van der Waals surface area contributed by atoms with Crippen molar-refractivity contribution >= 4 is 34.9 Å². The number of amides is 2. The number of thioether (sulfide) groups is 1. The molecule has 3 rings (SSSR count). The third-order valence-corrected chi connectivity index (χ3v) is 5.98. The molecule has 0 atom stereocenters. The van der Waals surface area contributed by atoms with Crippen molar-refractivity contribution in [3.63, 3.8) is 0 Å². The van der Waals surface area contributed by atoms with Crippen molar-refractivity contribution in [1.82, 2.24) is 25.3 Å². The van der Waals surface area contributed by atoms with Crippen LogP contribution in [-0.4, -0.2) is 38.3 Å². The van der Waals surface area contributed by atoms with Gasteiger partial charge in [0, 0.05) is 18.4 Å². The van der Waals surface area contributed by atoms with E-state index in [9.17, 15) is 4.79 Å². The summed E-state index contributed by atoms with van der Waals surface area (Å²) in [4.78, 5) is 12.0. The quantitative estimate of drug-likeness (QED) is 0.579. The van der Waals surface area contributed by atoms with Crippen LogP contribution < -0.4 is 10.6 Å². The second-order valence-electron chi connectivity index (χ2n) is 5.77. The first-order valence-corrected chi connectivity index (χ1v) is 10.0. The fourth-order valence-corrected chi connectivity index (χ4v) is 4.61. The summed E-state index contributed by atoms with van der Waals surface area (Å²) in [5.74, 6) is 1.69. The van der Waals surface area contributed by atoms with E-state index in [4.69, 9.17) is 0 Å². The van der Waals surface area contributed by atoms with Crippen LogP contribution in [0.5, 0.6) is 0 Å². The highest BCUT2D eigenvalue weighted by molar-refractivity contribution is 8.01. The van der Waals surface area contributed by atoms with Crippen LogP contribution in [-0.2, 0) is 0 Å². The molecule has 1 saturated carbocycles. The smallest absolute Gasteiger partial charge is 0.320 e. The predicted molar refractivity (Wildman–Crippen MR) is 96.7 cm³/mol. The van der Waals surface area contributed by atoms with Crippen LogP contribution in [0.15, 0.2) is 16.6 Å². The third-order valence-electron chi connectivity index (χ3n) is 3.92. The number of nitrogens with zero attached hydrogens (tertiary/aromatic N) is 4. The number of nitrogens with one attached hydrogen (secondary N) is 2. The van der Waals surface area contributed by atoms with E-state index < -0.39 is 0 Å². The maximum Gasteiger partial charge on any atom is 0.320 e. The number of carbonyl (C=O) groups excluding carboxylic acids is 1. The molecule has 0 saturated heterocycles. The van der Waals surface area contributed by atoms with Gasteiger partial charge in [0.15, 0.2) is 4.34 Å². The molecule has 2 amide bonds. The van der Waals surface area contributed by atoms with Gasteiger partial charge < -0.3 is 5.32 Å². The lowest BCUT2D eigenvalue weighted by Crippen LogP contribution is -2.31. The fraction of sp³-hybridized carbons (Fsp3) is 0.600. The molecule has 24 heavy (non-hydrogen) atoms. The highest BCUT2D eigenvalue weighted by atomic mass is 32.2. The third kappa shape index (κ3) is 4.70. The van der Waals surface area contributed by atoms with E-state index in [0.717, 1.165) is 40.2 Å². The minimum absolute atomic E-state index is 0.175. The number of urea groups is 1. The van der Waals surface area contributed by atoms with E-state index >= 15 is 0 Å². The van der Waals surface area contributed by atoms with Gasteiger partial charge >= 0.3 is 6.03 Å². The molecule has 7 nitrogen and oxygen atoms in total. The van der Waals surface area contributed by atoms with Crippen LogP contribution in [0, 0.1) is 6.92 Å². The summed E-state index contributed by atoms with van der Waals surface area (Å²) >= 11 is 3.28. The van der Waals surface area contributed by atoms with Gasteiger partial charge in [-0.3, -0.25) is 5.32 Å². The monoisotopic (exact) mass is 366 g/mol. The molecular weight excluding hydrogens is 344 g/mol. The van der Waals surface area contributed by atoms with Crippen LogP contribution in [0.1, 0.15) is 43.2 Å². The minimum Gasteiger partial charge on any atom is -0.338 e. The molecule has 9 heteroatoms. The van der Waals surface area contributed by atoms with Gasteiger partial charge in [0.25, 0.3) is 0 Å². The molecule has 2 aromatic rings. The average molecular weight is 367 g/mol. The van der Waals surface area contributed by atoms with Gasteiger partial charge in [-0.1, -0.05) is 35.9 Å². The van der Waals surface area contributed by atoms with Crippen molar-refractivity contribution in [1.29, 1.82) is 0 Å². The molecule has 1 fully saturated rings. The van der Waals surface area contributed by atoms with Gasteiger partial charge in [0.05, 0.1) is 12.2 Å². The van der Waals surface area contributed by atoms with Crippen molar-refractivity contribution < 1.29 is 4.79 Å². The summed E-state index contributed by atoms with van der Waals surface area (Å²) in [7, 11) is 0. The summed E-state index contributed by atoms with van der Waals surface area (Å²) < 4.78 is 2.93. The van der Waals surface area contributed by atoms with Crippen molar-refractivity contribution in [3.05, 3.63) is 17.3 Å². The number of anilines is 1. The molecule has 0 spiro atoms. The molecule has 0 aliphatic heterocycles. The summed E-state index contributed by atoms with van der Waals surface area (Å²) in [6.07, 6.45) is 7.39. The molecular formula is C15H22N6OS2. The molecule has 2 aromatic heterocycles. The lowest BCUT2D eigenvalue weighted by Gasteiger charge is -2.15. The lowest BCUT2D eigenvalue weighted by molar-refractivity contribution is 0.252. The SMILES string of the molecule is Cc1nnc(SCCCNC(=O)Nc2ccnn2C2CCCC2)s1. The zero-order valence-corrected chi connectivity index (χ0v) is 15.3. The van der Waals surface area contributed by atoms with Crippen LogP contribution in [0.4, 0.5) is 10.6 Å². The fourth-order valence-electron chi connectivity index (χ4n) is 2.78. The Bertz CT molecular complexity index is 664. The number of carbonyl (C=O) groups is 1. The molecule has 0 bridgehead atoms. The first-order valence-electron chi connectivity index (χ1n) is 8.23. The highest BCUT2D eigenvalue weighted by Gasteiger charge is 2.20. The Morgan fingerprint density at radius 3 is 3.00 bits per heavy atom. The average Bonchev–Trinajstić information content (AvgIpc) is 3.28. The number of hydrogen-bond donors (Lipinski definition) is 2. The Morgan fingerprint density at radius 1 is 1.42 bits per heavy atom. The Hall–Kier alpha value is -1.61. The largest absolute Gasteiger partial charge is 0.338 e. The Kier molecular flexibility index (Phi) is 6.08. The van der Waals surface area contributed by atoms with Crippen molar-refractivity contribution in [3.8, 4) is 0 Å². The number of hydrogen-bond acceptors (Lipinski definition) is 6. The van der Waals surface area contributed by atoms with Gasteiger partial charge in [-0.15, -0.1) is 10.2 Å². The van der Waals surface area contributed by atoms with E-state index in [1.165, 1.54) is 12.8 Å². The second-order valence-corrected chi connectivity index (χ2v) is 8.29. The van der Waals surface area contributed by atoms with Gasteiger partial charge in [-0.2, -0.15) is 5.10 Å². The summed E-state index contributed by atoms with van der Waals surface area (Å²) in [6.45, 7) is 2.58. The zero-order valence-electron chi connectivity index (χ0n) is 13.7. The van der Waals surface area contributed by atoms with E-state index in [-0.39, 0.29) is 6.03 Å². The van der Waals surface area contributed by atoms with E-state index in [2.05, 4.69) is 25.9 Å². The standard InChI is InChI=1S/C15H22N6OS2/c1-11-19-20-15(24-11)23-10-4-8-16-14(22)18-13-7-9-17-21(13)12-5-2-3-6-12/h7,9,12H,2-6,8,10H2,1H3,(H2,16,18,22). The Morgan fingerprint density at radius 2 is 2.25 bits per heavy atom. The van der Waals surface area contributed by atoms with Crippen LogP contribution >= 0.6 is 23.1 Å². The van der Waals surface area contributed by atoms with E-state index in [0.29, 0.717) is 12.6 Å². The zero-order chi connectivity index (χ0) is 16.8. The molecule has 0 unspecified atom stereocenters. The predicted octanol–water partition coefficient (Wildman–Crippen LogP) is 3.46. The molecule has 2 N–H and O–H groups in total. The molecule has 0 radical (unpaired) electrons. The Labute approximate surface area is 149 Å². The van der Waals surface area contributed by atoms with Gasteiger partial charge in [-0.25, -0.2) is 9.48 Å². The topological polar surface area (TPSA) is 84.7 Å². The number of aromatic nitrogens is 4. The molecule has 2 heterocycles. The maximum atomic E-state index is 12.0. The van der Waals surface area contributed by atoms with Crippen LogP contribution in [0.2, 0.25) is 0 Å². The summed E-state index contributed by atoms with van der Waals surface area (Å²) in [5.41, 5.74) is 0. The van der Waals surface area contributed by atoms with Gasteiger partial charge in [0.2, 0.25) is 0 Å². The second kappa shape index (κ2) is 8.48.